The van der Waals surface area contributed by atoms with Crippen LogP contribution in [0, 0.1) is 0 Å². The third-order valence-electron chi connectivity index (χ3n) is 6.91. The van der Waals surface area contributed by atoms with Gasteiger partial charge in [-0.2, -0.15) is 0 Å². The summed E-state index contributed by atoms with van der Waals surface area (Å²) in [6.07, 6.45) is 0. The SMILES string of the molecule is [2H]c1c([2H])c([2H])c2c(-c3ccccc3)c3c([2H])c(-c4ccccc4)c([2H])c([2H])c3c(-c3ccc(-c4ccccc4)cc3)c2c1[2H]. The Balaban J connectivity index is 1.73. The van der Waals surface area contributed by atoms with E-state index in [2.05, 4.69) is 0 Å². The van der Waals surface area contributed by atoms with Crippen molar-refractivity contribution < 1.29 is 9.60 Å². The summed E-state index contributed by atoms with van der Waals surface area (Å²) in [6.45, 7) is 0. The summed E-state index contributed by atoms with van der Waals surface area (Å²) in [5.41, 5.74) is 5.08. The quantitative estimate of drug-likeness (QED) is 0.216. The molecule has 0 saturated heterocycles. The molecule has 0 aliphatic carbocycles. The second-order valence-corrected chi connectivity index (χ2v) is 9.18. The Bertz CT molecular complexity index is 2250. The lowest BCUT2D eigenvalue weighted by Crippen LogP contribution is -1.92. The van der Waals surface area contributed by atoms with Gasteiger partial charge in [-0.25, -0.2) is 0 Å². The summed E-state index contributed by atoms with van der Waals surface area (Å²) in [7, 11) is 0. The second-order valence-electron chi connectivity index (χ2n) is 9.18. The largest absolute Gasteiger partial charge is 0.0636 e. The highest BCUT2D eigenvalue weighted by molar-refractivity contribution is 6.22. The molecule has 7 aromatic carbocycles. The Labute approximate surface area is 233 Å². The molecule has 0 fully saturated rings. The van der Waals surface area contributed by atoms with Crippen molar-refractivity contribution in [2.24, 2.45) is 0 Å². The Kier molecular flexibility index (Phi) is 4.00. The first kappa shape index (κ1) is 16.0. The lowest BCUT2D eigenvalue weighted by molar-refractivity contribution is 1.61. The fourth-order valence-electron chi connectivity index (χ4n) is 5.11. The minimum Gasteiger partial charge on any atom is -0.0622 e. The van der Waals surface area contributed by atoms with Crippen molar-refractivity contribution in [1.29, 1.82) is 0 Å². The molecule has 0 N–H and O–H groups in total. The lowest BCUT2D eigenvalue weighted by Gasteiger charge is -2.19. The van der Waals surface area contributed by atoms with E-state index in [9.17, 15) is 2.74 Å². The van der Waals surface area contributed by atoms with Crippen LogP contribution in [0.25, 0.3) is 66.1 Å². The zero-order valence-corrected chi connectivity index (χ0v) is 20.5. The van der Waals surface area contributed by atoms with E-state index in [0.717, 1.165) is 11.1 Å². The molecule has 0 aromatic heterocycles. The van der Waals surface area contributed by atoms with Gasteiger partial charge >= 0.3 is 0 Å². The number of fused-ring (bicyclic) bond motifs is 2. The molecule has 38 heavy (non-hydrogen) atoms. The molecular weight excluding hydrogens is 456 g/mol. The summed E-state index contributed by atoms with van der Waals surface area (Å²) in [6, 6.07) is 34.6. The molecule has 0 aliphatic heterocycles. The van der Waals surface area contributed by atoms with Gasteiger partial charge in [0.1, 0.15) is 0 Å². The molecule has 0 unspecified atom stereocenters. The van der Waals surface area contributed by atoms with E-state index in [0.29, 0.717) is 44.2 Å². The third kappa shape index (κ3) is 3.88. The highest BCUT2D eigenvalue weighted by Gasteiger charge is 2.17. The van der Waals surface area contributed by atoms with Gasteiger partial charge in [0.25, 0.3) is 0 Å². The van der Waals surface area contributed by atoms with Crippen molar-refractivity contribution in [2.45, 2.75) is 0 Å². The van der Waals surface area contributed by atoms with Gasteiger partial charge in [0.05, 0.1) is 9.60 Å². The molecule has 0 spiro atoms. The average molecular weight is 490 g/mol. The maximum Gasteiger partial charge on any atom is 0.0636 e. The van der Waals surface area contributed by atoms with E-state index in [1.807, 2.05) is 115 Å². The van der Waals surface area contributed by atoms with Gasteiger partial charge in [0.15, 0.2) is 0 Å². The lowest BCUT2D eigenvalue weighted by atomic mass is 9.84. The van der Waals surface area contributed by atoms with E-state index >= 15 is 0 Å². The van der Waals surface area contributed by atoms with Gasteiger partial charge in [-0.05, 0) is 72.1 Å². The Morgan fingerprint density at radius 1 is 0.316 bits per heavy atom. The van der Waals surface area contributed by atoms with Crippen LogP contribution >= 0.6 is 0 Å². The summed E-state index contributed by atoms with van der Waals surface area (Å²) in [5, 5.41) is 1.24. The summed E-state index contributed by atoms with van der Waals surface area (Å²) in [5.74, 6) is 0. The Hall–Kier alpha value is -4.94. The van der Waals surface area contributed by atoms with Crippen LogP contribution < -0.4 is 0 Å². The van der Waals surface area contributed by atoms with Crippen LogP contribution in [0.15, 0.2) is 158 Å². The minimum absolute atomic E-state index is 0.0347. The molecular formula is C38H26. The van der Waals surface area contributed by atoms with Gasteiger partial charge in [0, 0.05) is 0 Å². The molecule has 7 aromatic rings. The number of hydrogen-bond donors (Lipinski definition) is 0. The van der Waals surface area contributed by atoms with Crippen molar-refractivity contribution >= 4 is 21.5 Å². The number of benzene rings is 7. The zero-order chi connectivity index (χ0) is 31.4. The number of rotatable bonds is 4. The predicted molar refractivity (Wildman–Crippen MR) is 163 cm³/mol. The molecule has 0 saturated carbocycles. The van der Waals surface area contributed by atoms with Crippen molar-refractivity contribution in [1.82, 2.24) is 0 Å². The minimum atomic E-state index is -0.377. The zero-order valence-electron chi connectivity index (χ0n) is 27.5. The van der Waals surface area contributed by atoms with E-state index in [-0.39, 0.29) is 53.1 Å². The van der Waals surface area contributed by atoms with E-state index in [1.54, 1.807) is 0 Å². The average Bonchev–Trinajstić information content (AvgIpc) is 3.09. The molecule has 0 bridgehead atoms. The van der Waals surface area contributed by atoms with Gasteiger partial charge < -0.3 is 0 Å². The Morgan fingerprint density at radius 3 is 1.29 bits per heavy atom. The van der Waals surface area contributed by atoms with E-state index in [4.69, 9.17) is 6.85 Å². The van der Waals surface area contributed by atoms with E-state index < -0.39 is 0 Å². The predicted octanol–water partition coefficient (Wildman–Crippen LogP) is 10.7. The van der Waals surface area contributed by atoms with Gasteiger partial charge in [0.2, 0.25) is 0 Å². The van der Waals surface area contributed by atoms with Crippen LogP contribution in [-0.4, -0.2) is 0 Å². The van der Waals surface area contributed by atoms with Crippen molar-refractivity contribution in [3.8, 4) is 44.5 Å². The Morgan fingerprint density at radius 2 is 0.711 bits per heavy atom. The molecule has 0 heterocycles. The topological polar surface area (TPSA) is 0 Å². The van der Waals surface area contributed by atoms with Gasteiger partial charge in [-0.3, -0.25) is 0 Å². The maximum atomic E-state index is 9.61. The van der Waals surface area contributed by atoms with Crippen LogP contribution in [0.5, 0.6) is 0 Å². The van der Waals surface area contributed by atoms with Gasteiger partial charge in [-0.1, -0.05) is 152 Å². The highest BCUT2D eigenvalue weighted by atomic mass is 14.2. The summed E-state index contributed by atoms with van der Waals surface area (Å²) < 4.78 is 63.7. The first-order chi connectivity index (χ1) is 21.8. The normalized spacial score (nSPS) is 13.7. The van der Waals surface area contributed by atoms with Crippen LogP contribution in [0.2, 0.25) is 0 Å². The second kappa shape index (κ2) is 9.50. The molecule has 0 heteroatoms. The summed E-state index contributed by atoms with van der Waals surface area (Å²) >= 11 is 0. The molecule has 0 amide bonds. The maximum absolute atomic E-state index is 9.61. The number of hydrogen-bond acceptors (Lipinski definition) is 0. The monoisotopic (exact) mass is 489 g/mol. The smallest absolute Gasteiger partial charge is 0.0622 e. The van der Waals surface area contributed by atoms with Crippen molar-refractivity contribution in [3.05, 3.63) is 158 Å². The van der Waals surface area contributed by atoms with E-state index in [1.165, 1.54) is 0 Å². The third-order valence-corrected chi connectivity index (χ3v) is 6.91. The molecule has 178 valence electrons. The molecule has 7 rings (SSSR count). The van der Waals surface area contributed by atoms with Crippen molar-refractivity contribution in [3.63, 3.8) is 0 Å². The highest BCUT2D eigenvalue weighted by Crippen LogP contribution is 2.44. The summed E-state index contributed by atoms with van der Waals surface area (Å²) in [4.78, 5) is 0. The van der Waals surface area contributed by atoms with Crippen LogP contribution in [-0.2, 0) is 0 Å². The van der Waals surface area contributed by atoms with Crippen LogP contribution in [0.4, 0.5) is 0 Å². The molecule has 0 aliphatic rings. The standard InChI is InChI=1S/C38H26/c1-4-12-27(13-5-1)29-20-22-31(23-21-29)37-33-18-10-11-19-34(33)38(30-16-8-3-9-17-30)36-26-32(24-25-35(36)37)28-14-6-2-7-15-28/h1-26H/i10D,11D,18D,19D,24D,25D,26D. The molecule has 0 radical (unpaired) electrons. The first-order valence-electron chi connectivity index (χ1n) is 16.1. The first-order valence-corrected chi connectivity index (χ1v) is 12.6. The molecule has 0 atom stereocenters. The van der Waals surface area contributed by atoms with Gasteiger partial charge in [-0.15, -0.1) is 0 Å². The van der Waals surface area contributed by atoms with Crippen LogP contribution in [0.3, 0.4) is 0 Å². The molecule has 0 nitrogen and oxygen atoms in total. The fourth-order valence-corrected chi connectivity index (χ4v) is 5.11. The fraction of sp³-hybridized carbons (Fsp3) is 0. The van der Waals surface area contributed by atoms with Crippen LogP contribution in [0.1, 0.15) is 9.60 Å². The van der Waals surface area contributed by atoms with Crippen molar-refractivity contribution in [2.75, 3.05) is 0 Å².